The fourth-order valence-electron chi connectivity index (χ4n) is 3.05. The summed E-state index contributed by atoms with van der Waals surface area (Å²) in [7, 11) is 0. The first-order valence-electron chi connectivity index (χ1n) is 9.07. The van der Waals surface area contributed by atoms with Crippen molar-refractivity contribution in [3.63, 3.8) is 0 Å². The van der Waals surface area contributed by atoms with E-state index in [-0.39, 0.29) is 5.91 Å². The van der Waals surface area contributed by atoms with Crippen molar-refractivity contribution in [2.75, 3.05) is 5.32 Å². The molecule has 5 rings (SSSR count). The van der Waals surface area contributed by atoms with Crippen LogP contribution in [0, 0.1) is 0 Å². The number of H-pyrrole nitrogens is 1. The van der Waals surface area contributed by atoms with E-state index < -0.39 is 0 Å². The standard InChI is InChI=1S/C20H17N7O/c28-20(17-11-16(24-25-17)13-5-2-1-3-6-13)23-18-8-4-7-15(22-18)19-26-21-12-27(19)14-9-10-14/h1-8,11-12,14H,9-10H2,(H,24,25)(H,22,23,28). The average molecular weight is 371 g/mol. The van der Waals surface area contributed by atoms with E-state index in [1.54, 1.807) is 18.5 Å². The Hall–Kier alpha value is -3.81. The molecule has 0 bridgehead atoms. The quantitative estimate of drug-likeness (QED) is 0.560. The monoisotopic (exact) mass is 371 g/mol. The van der Waals surface area contributed by atoms with E-state index in [4.69, 9.17) is 0 Å². The molecule has 0 atom stereocenters. The van der Waals surface area contributed by atoms with Gasteiger partial charge in [-0.2, -0.15) is 5.10 Å². The van der Waals surface area contributed by atoms with Crippen molar-refractivity contribution in [1.29, 1.82) is 0 Å². The van der Waals surface area contributed by atoms with Crippen molar-refractivity contribution < 1.29 is 4.79 Å². The number of aromatic nitrogens is 6. The Bertz CT molecular complexity index is 1130. The van der Waals surface area contributed by atoms with Crippen LogP contribution in [-0.2, 0) is 0 Å². The lowest BCUT2D eigenvalue weighted by Gasteiger charge is -2.07. The summed E-state index contributed by atoms with van der Waals surface area (Å²) >= 11 is 0. The highest BCUT2D eigenvalue weighted by molar-refractivity contribution is 6.03. The largest absolute Gasteiger partial charge is 0.309 e. The Balaban J connectivity index is 1.36. The number of rotatable bonds is 5. The predicted molar refractivity (Wildman–Crippen MR) is 104 cm³/mol. The molecular formula is C20H17N7O. The average Bonchev–Trinajstić information content (AvgIpc) is 3.26. The van der Waals surface area contributed by atoms with Crippen LogP contribution < -0.4 is 5.32 Å². The molecule has 0 saturated heterocycles. The zero-order chi connectivity index (χ0) is 18.9. The number of aromatic amines is 1. The molecule has 4 aromatic rings. The number of carbonyl (C=O) groups excluding carboxylic acids is 1. The van der Waals surface area contributed by atoms with Crippen LogP contribution in [0.25, 0.3) is 22.8 Å². The number of nitrogens with zero attached hydrogens (tertiary/aromatic N) is 5. The van der Waals surface area contributed by atoms with Gasteiger partial charge in [0.05, 0.1) is 5.69 Å². The summed E-state index contributed by atoms with van der Waals surface area (Å²) in [6.07, 6.45) is 3.99. The van der Waals surface area contributed by atoms with Gasteiger partial charge in [-0.1, -0.05) is 36.4 Å². The van der Waals surface area contributed by atoms with Crippen LogP contribution >= 0.6 is 0 Å². The summed E-state index contributed by atoms with van der Waals surface area (Å²) in [5, 5.41) is 18.0. The summed E-state index contributed by atoms with van der Waals surface area (Å²) in [5.41, 5.74) is 2.70. The van der Waals surface area contributed by atoms with E-state index in [2.05, 4.69) is 30.7 Å². The molecule has 1 saturated carbocycles. The number of nitrogens with one attached hydrogen (secondary N) is 2. The maximum absolute atomic E-state index is 12.6. The molecule has 0 radical (unpaired) electrons. The van der Waals surface area contributed by atoms with E-state index in [1.807, 2.05) is 47.0 Å². The molecule has 8 nitrogen and oxygen atoms in total. The number of benzene rings is 1. The van der Waals surface area contributed by atoms with Gasteiger partial charge in [0.2, 0.25) is 0 Å². The van der Waals surface area contributed by atoms with Crippen LogP contribution in [0.3, 0.4) is 0 Å². The smallest absolute Gasteiger partial charge is 0.274 e. The van der Waals surface area contributed by atoms with Crippen LogP contribution in [0.15, 0.2) is 60.9 Å². The summed E-state index contributed by atoms with van der Waals surface area (Å²) < 4.78 is 2.04. The molecule has 138 valence electrons. The van der Waals surface area contributed by atoms with Crippen molar-refractivity contribution in [3.05, 3.63) is 66.6 Å². The highest BCUT2D eigenvalue weighted by atomic mass is 16.2. The van der Waals surface area contributed by atoms with E-state index in [1.165, 1.54) is 0 Å². The topological polar surface area (TPSA) is 101 Å². The second kappa shape index (κ2) is 6.73. The number of amides is 1. The van der Waals surface area contributed by atoms with Gasteiger partial charge in [0.15, 0.2) is 5.82 Å². The maximum Gasteiger partial charge on any atom is 0.274 e. The van der Waals surface area contributed by atoms with Gasteiger partial charge in [-0.25, -0.2) is 4.98 Å². The third-order valence-electron chi connectivity index (χ3n) is 4.63. The first-order chi connectivity index (χ1) is 13.8. The van der Waals surface area contributed by atoms with Crippen LogP contribution in [0.2, 0.25) is 0 Å². The zero-order valence-electron chi connectivity index (χ0n) is 14.9. The second-order valence-electron chi connectivity index (χ2n) is 6.69. The molecule has 1 amide bonds. The maximum atomic E-state index is 12.6. The summed E-state index contributed by atoms with van der Waals surface area (Å²) in [4.78, 5) is 17.1. The molecule has 1 aliphatic rings. The van der Waals surface area contributed by atoms with Crippen molar-refractivity contribution in [2.24, 2.45) is 0 Å². The molecule has 28 heavy (non-hydrogen) atoms. The third kappa shape index (κ3) is 3.16. The molecule has 0 aliphatic heterocycles. The Morgan fingerprint density at radius 1 is 1.07 bits per heavy atom. The van der Waals surface area contributed by atoms with Gasteiger partial charge in [-0.05, 0) is 31.0 Å². The van der Waals surface area contributed by atoms with Gasteiger partial charge in [0.1, 0.15) is 23.5 Å². The van der Waals surface area contributed by atoms with E-state index in [0.29, 0.717) is 34.8 Å². The zero-order valence-corrected chi connectivity index (χ0v) is 14.9. The first kappa shape index (κ1) is 16.4. The minimum Gasteiger partial charge on any atom is -0.309 e. The number of hydrogen-bond acceptors (Lipinski definition) is 5. The lowest BCUT2D eigenvalue weighted by Crippen LogP contribution is -2.13. The minimum absolute atomic E-state index is 0.303. The van der Waals surface area contributed by atoms with Crippen LogP contribution in [0.1, 0.15) is 29.4 Å². The number of pyridine rings is 1. The normalized spacial score (nSPS) is 13.4. The first-order valence-corrected chi connectivity index (χ1v) is 9.07. The fourth-order valence-corrected chi connectivity index (χ4v) is 3.05. The second-order valence-corrected chi connectivity index (χ2v) is 6.69. The molecular weight excluding hydrogens is 354 g/mol. The molecule has 3 heterocycles. The predicted octanol–water partition coefficient (Wildman–Crippen LogP) is 3.32. The Morgan fingerprint density at radius 3 is 2.75 bits per heavy atom. The van der Waals surface area contributed by atoms with E-state index in [0.717, 1.165) is 18.4 Å². The Labute approximate surface area is 160 Å². The van der Waals surface area contributed by atoms with Crippen molar-refractivity contribution in [1.82, 2.24) is 29.9 Å². The molecule has 1 aliphatic carbocycles. The Morgan fingerprint density at radius 2 is 1.93 bits per heavy atom. The fraction of sp³-hybridized carbons (Fsp3) is 0.150. The van der Waals surface area contributed by atoms with Crippen LogP contribution in [0.5, 0.6) is 0 Å². The highest BCUT2D eigenvalue weighted by Crippen LogP contribution is 2.37. The highest BCUT2D eigenvalue weighted by Gasteiger charge is 2.27. The van der Waals surface area contributed by atoms with Gasteiger partial charge in [0, 0.05) is 11.6 Å². The lowest BCUT2D eigenvalue weighted by molar-refractivity contribution is 0.102. The van der Waals surface area contributed by atoms with Gasteiger partial charge < -0.3 is 9.88 Å². The summed E-state index contributed by atoms with van der Waals surface area (Å²) in [5.74, 6) is 0.859. The molecule has 3 aromatic heterocycles. The van der Waals surface area contributed by atoms with E-state index in [9.17, 15) is 4.79 Å². The van der Waals surface area contributed by atoms with E-state index >= 15 is 0 Å². The third-order valence-corrected chi connectivity index (χ3v) is 4.63. The summed E-state index contributed by atoms with van der Waals surface area (Å²) in [6, 6.07) is 17.3. The molecule has 2 N–H and O–H groups in total. The Kier molecular flexibility index (Phi) is 3.93. The molecule has 8 heteroatoms. The van der Waals surface area contributed by atoms with Crippen molar-refractivity contribution in [3.8, 4) is 22.8 Å². The number of hydrogen-bond donors (Lipinski definition) is 2. The number of carbonyl (C=O) groups is 1. The van der Waals surface area contributed by atoms with Crippen molar-refractivity contribution >= 4 is 11.7 Å². The van der Waals surface area contributed by atoms with Gasteiger partial charge in [-0.15, -0.1) is 10.2 Å². The number of anilines is 1. The summed E-state index contributed by atoms with van der Waals surface area (Å²) in [6.45, 7) is 0. The van der Waals surface area contributed by atoms with Crippen LogP contribution in [0.4, 0.5) is 5.82 Å². The van der Waals surface area contributed by atoms with Gasteiger partial charge in [-0.3, -0.25) is 9.89 Å². The van der Waals surface area contributed by atoms with Gasteiger partial charge in [0.25, 0.3) is 5.91 Å². The minimum atomic E-state index is -0.303. The molecule has 1 fully saturated rings. The van der Waals surface area contributed by atoms with Crippen LogP contribution in [-0.4, -0.2) is 35.9 Å². The molecule has 0 unspecified atom stereocenters. The van der Waals surface area contributed by atoms with Gasteiger partial charge >= 0.3 is 0 Å². The SMILES string of the molecule is O=C(Nc1cccc(-c2nncn2C2CC2)n1)c1cc(-c2ccccc2)n[nH]1. The molecule has 0 spiro atoms. The van der Waals surface area contributed by atoms with Crippen molar-refractivity contribution in [2.45, 2.75) is 18.9 Å². The molecule has 1 aromatic carbocycles. The lowest BCUT2D eigenvalue weighted by atomic mass is 10.1.